The van der Waals surface area contributed by atoms with Gasteiger partial charge in [0.05, 0.1) is 5.69 Å². The lowest BCUT2D eigenvalue weighted by atomic mass is 10.3. The molecular formula is C9H8ClN3O. The molecule has 0 unspecified atom stereocenters. The topological polar surface area (TPSA) is 47.3 Å². The van der Waals surface area contributed by atoms with E-state index in [0.717, 1.165) is 0 Å². The highest BCUT2D eigenvalue weighted by atomic mass is 35.5. The zero-order valence-corrected chi connectivity index (χ0v) is 8.54. The van der Waals surface area contributed by atoms with E-state index < -0.39 is 0 Å². The van der Waals surface area contributed by atoms with Crippen LogP contribution < -0.4 is 0 Å². The van der Waals surface area contributed by atoms with Crippen LogP contribution in [0.15, 0.2) is 12.1 Å². The number of ketones is 1. The fraction of sp³-hybridized carbons (Fsp3) is 0.222. The molecule has 2 rings (SSSR count). The lowest BCUT2D eigenvalue weighted by molar-refractivity contribution is 0.101. The monoisotopic (exact) mass is 209 g/mol. The van der Waals surface area contributed by atoms with Gasteiger partial charge in [-0.05, 0) is 19.1 Å². The molecule has 14 heavy (non-hydrogen) atoms. The Labute approximate surface area is 85.5 Å². The third kappa shape index (κ3) is 1.28. The van der Waals surface area contributed by atoms with Crippen molar-refractivity contribution >= 4 is 23.0 Å². The van der Waals surface area contributed by atoms with Crippen molar-refractivity contribution in [1.29, 1.82) is 0 Å². The molecule has 0 aliphatic carbocycles. The molecule has 0 bridgehead atoms. The van der Waals surface area contributed by atoms with Gasteiger partial charge < -0.3 is 0 Å². The normalized spacial score (nSPS) is 10.8. The first-order valence-corrected chi connectivity index (χ1v) is 4.50. The molecule has 4 nitrogen and oxygen atoms in total. The number of fused-ring (bicyclic) bond motifs is 1. The second-order valence-electron chi connectivity index (χ2n) is 3.03. The number of hydrogen-bond acceptors (Lipinski definition) is 3. The summed E-state index contributed by atoms with van der Waals surface area (Å²) in [6.07, 6.45) is 0. The van der Waals surface area contributed by atoms with Gasteiger partial charge in [-0.3, -0.25) is 4.79 Å². The van der Waals surface area contributed by atoms with Crippen LogP contribution in [0.4, 0.5) is 0 Å². The van der Waals surface area contributed by atoms with Gasteiger partial charge >= 0.3 is 0 Å². The summed E-state index contributed by atoms with van der Waals surface area (Å²) < 4.78 is 1.47. The Kier molecular flexibility index (Phi) is 2.00. The van der Waals surface area contributed by atoms with Crippen LogP contribution in [-0.4, -0.2) is 20.4 Å². The summed E-state index contributed by atoms with van der Waals surface area (Å²) in [6, 6.07) is 3.38. The maximum Gasteiger partial charge on any atom is 0.180 e. The molecule has 0 fully saturated rings. The van der Waals surface area contributed by atoms with Crippen molar-refractivity contribution in [3.8, 4) is 0 Å². The average Bonchev–Trinajstić information content (AvgIpc) is 2.40. The van der Waals surface area contributed by atoms with Crippen molar-refractivity contribution in [2.24, 2.45) is 0 Å². The number of rotatable bonds is 1. The van der Waals surface area contributed by atoms with Crippen LogP contribution in [-0.2, 0) is 0 Å². The van der Waals surface area contributed by atoms with E-state index in [1.165, 1.54) is 11.4 Å². The Morgan fingerprint density at radius 2 is 2.21 bits per heavy atom. The van der Waals surface area contributed by atoms with E-state index in [2.05, 4.69) is 10.1 Å². The van der Waals surface area contributed by atoms with E-state index in [1.807, 2.05) is 0 Å². The molecule has 0 aliphatic heterocycles. The molecule has 0 radical (unpaired) electrons. The number of hydrogen-bond donors (Lipinski definition) is 0. The van der Waals surface area contributed by atoms with Crippen LogP contribution in [0.5, 0.6) is 0 Å². The molecule has 0 amide bonds. The van der Waals surface area contributed by atoms with E-state index in [1.54, 1.807) is 19.1 Å². The highest BCUT2D eigenvalue weighted by molar-refractivity contribution is 6.29. The SMILES string of the molecule is CC(=O)c1c(C)nc2ccc(Cl)nn12. The van der Waals surface area contributed by atoms with Crippen molar-refractivity contribution in [3.05, 3.63) is 28.7 Å². The van der Waals surface area contributed by atoms with Crippen molar-refractivity contribution in [2.45, 2.75) is 13.8 Å². The number of Topliss-reactive ketones (excluding diaryl/α,β-unsaturated/α-hetero) is 1. The van der Waals surface area contributed by atoms with Crippen LogP contribution in [0.2, 0.25) is 5.15 Å². The second kappa shape index (κ2) is 3.06. The summed E-state index contributed by atoms with van der Waals surface area (Å²) in [5, 5.41) is 4.36. The maximum absolute atomic E-state index is 11.3. The number of aromatic nitrogens is 3. The Bertz CT molecular complexity index is 518. The maximum atomic E-state index is 11.3. The number of nitrogens with zero attached hydrogens (tertiary/aromatic N) is 3. The van der Waals surface area contributed by atoms with E-state index in [0.29, 0.717) is 22.2 Å². The Balaban J connectivity index is 2.86. The lowest BCUT2D eigenvalue weighted by Crippen LogP contribution is -2.03. The Morgan fingerprint density at radius 1 is 1.50 bits per heavy atom. The van der Waals surface area contributed by atoms with Crippen LogP contribution >= 0.6 is 11.6 Å². The first-order chi connectivity index (χ1) is 6.59. The molecule has 0 N–H and O–H groups in total. The summed E-state index contributed by atoms with van der Waals surface area (Å²) >= 11 is 5.73. The number of imidazole rings is 1. The van der Waals surface area contributed by atoms with Crippen LogP contribution in [0.1, 0.15) is 23.1 Å². The Hall–Kier alpha value is -1.42. The van der Waals surface area contributed by atoms with Gasteiger partial charge in [0.2, 0.25) is 0 Å². The van der Waals surface area contributed by atoms with Gasteiger partial charge in [0, 0.05) is 6.92 Å². The van der Waals surface area contributed by atoms with Gasteiger partial charge in [-0.25, -0.2) is 9.50 Å². The number of aryl methyl sites for hydroxylation is 1. The van der Waals surface area contributed by atoms with E-state index in [-0.39, 0.29) is 5.78 Å². The summed E-state index contributed by atoms with van der Waals surface area (Å²) in [6.45, 7) is 3.26. The van der Waals surface area contributed by atoms with E-state index >= 15 is 0 Å². The minimum Gasteiger partial charge on any atom is -0.293 e. The molecule has 0 atom stereocenters. The molecule has 2 aromatic heterocycles. The molecule has 2 aromatic rings. The molecule has 72 valence electrons. The quantitative estimate of drug-likeness (QED) is 0.674. The average molecular weight is 210 g/mol. The molecule has 0 saturated heterocycles. The standard InChI is InChI=1S/C9H8ClN3O/c1-5-9(6(2)14)13-8(11-5)4-3-7(10)12-13/h3-4H,1-2H3. The zero-order chi connectivity index (χ0) is 10.3. The fourth-order valence-electron chi connectivity index (χ4n) is 1.43. The van der Waals surface area contributed by atoms with Crippen molar-refractivity contribution in [3.63, 3.8) is 0 Å². The van der Waals surface area contributed by atoms with Crippen molar-refractivity contribution in [2.75, 3.05) is 0 Å². The molecule has 2 heterocycles. The highest BCUT2D eigenvalue weighted by Gasteiger charge is 2.13. The van der Waals surface area contributed by atoms with Gasteiger partial charge in [-0.2, -0.15) is 5.10 Å². The summed E-state index contributed by atoms with van der Waals surface area (Å²) in [7, 11) is 0. The van der Waals surface area contributed by atoms with Gasteiger partial charge in [-0.15, -0.1) is 0 Å². The molecule has 0 aliphatic rings. The number of carbonyl (C=O) groups excluding carboxylic acids is 1. The molecule has 0 aromatic carbocycles. The first-order valence-electron chi connectivity index (χ1n) is 4.12. The van der Waals surface area contributed by atoms with Gasteiger partial charge in [-0.1, -0.05) is 11.6 Å². The van der Waals surface area contributed by atoms with Gasteiger partial charge in [0.25, 0.3) is 0 Å². The molecular weight excluding hydrogens is 202 g/mol. The minimum absolute atomic E-state index is 0.0650. The molecule has 0 spiro atoms. The van der Waals surface area contributed by atoms with E-state index in [4.69, 9.17) is 11.6 Å². The number of carbonyl (C=O) groups is 1. The minimum atomic E-state index is -0.0650. The predicted octanol–water partition coefficient (Wildman–Crippen LogP) is 1.89. The fourth-order valence-corrected chi connectivity index (χ4v) is 1.56. The molecule has 5 heteroatoms. The van der Waals surface area contributed by atoms with Crippen molar-refractivity contribution < 1.29 is 4.79 Å². The van der Waals surface area contributed by atoms with Crippen molar-refractivity contribution in [1.82, 2.24) is 14.6 Å². The summed E-state index contributed by atoms with van der Waals surface area (Å²) in [4.78, 5) is 15.5. The second-order valence-corrected chi connectivity index (χ2v) is 3.42. The summed E-state index contributed by atoms with van der Waals surface area (Å²) in [5.41, 5.74) is 1.80. The van der Waals surface area contributed by atoms with Gasteiger partial charge in [0.1, 0.15) is 10.8 Å². The van der Waals surface area contributed by atoms with Crippen LogP contribution in [0.3, 0.4) is 0 Å². The largest absolute Gasteiger partial charge is 0.293 e. The lowest BCUT2D eigenvalue weighted by Gasteiger charge is -1.96. The molecule has 0 saturated carbocycles. The Morgan fingerprint density at radius 3 is 2.86 bits per heavy atom. The third-order valence-corrected chi connectivity index (χ3v) is 2.15. The first kappa shape index (κ1) is 9.15. The number of halogens is 1. The van der Waals surface area contributed by atoms with E-state index in [9.17, 15) is 4.79 Å². The predicted molar refractivity (Wildman–Crippen MR) is 52.7 cm³/mol. The third-order valence-electron chi connectivity index (χ3n) is 1.95. The highest BCUT2D eigenvalue weighted by Crippen LogP contribution is 2.13. The summed E-state index contributed by atoms with van der Waals surface area (Å²) in [5.74, 6) is -0.0650. The zero-order valence-electron chi connectivity index (χ0n) is 7.78. The van der Waals surface area contributed by atoms with Gasteiger partial charge in [0.15, 0.2) is 11.4 Å². The van der Waals surface area contributed by atoms with Crippen LogP contribution in [0, 0.1) is 6.92 Å². The smallest absolute Gasteiger partial charge is 0.180 e. The van der Waals surface area contributed by atoms with Crippen LogP contribution in [0.25, 0.3) is 5.65 Å².